The first-order valence-corrected chi connectivity index (χ1v) is 6.93. The van der Waals surface area contributed by atoms with E-state index in [2.05, 4.69) is 10.0 Å². The van der Waals surface area contributed by atoms with Crippen molar-refractivity contribution in [3.8, 4) is 0 Å². The Morgan fingerprint density at radius 3 is 2.65 bits per heavy atom. The predicted molar refractivity (Wildman–Crippen MR) is 65.1 cm³/mol. The van der Waals surface area contributed by atoms with E-state index < -0.39 is 15.8 Å². The zero-order valence-electron chi connectivity index (χ0n) is 9.33. The van der Waals surface area contributed by atoms with Crippen LogP contribution in [0.15, 0.2) is 23.1 Å². The molecule has 0 saturated carbocycles. The largest absolute Gasteiger partial charge is 0.320 e. The summed E-state index contributed by atoms with van der Waals surface area (Å²) in [7, 11) is -1.82. The zero-order chi connectivity index (χ0) is 12.9. The second kappa shape index (κ2) is 6.30. The van der Waals surface area contributed by atoms with Gasteiger partial charge >= 0.3 is 0 Å². The van der Waals surface area contributed by atoms with Gasteiger partial charge in [0, 0.05) is 6.54 Å². The lowest BCUT2D eigenvalue weighted by Crippen LogP contribution is -2.26. The van der Waals surface area contributed by atoms with E-state index in [4.69, 9.17) is 11.6 Å². The molecule has 0 bridgehead atoms. The number of rotatable bonds is 6. The number of nitrogens with one attached hydrogen (secondary N) is 2. The maximum Gasteiger partial charge on any atom is 0.240 e. The average Bonchev–Trinajstić information content (AvgIpc) is 2.28. The van der Waals surface area contributed by atoms with Crippen LogP contribution >= 0.6 is 11.6 Å². The van der Waals surface area contributed by atoms with Crippen molar-refractivity contribution in [1.29, 1.82) is 0 Å². The van der Waals surface area contributed by atoms with Gasteiger partial charge in [-0.25, -0.2) is 17.5 Å². The number of hydrogen-bond acceptors (Lipinski definition) is 3. The van der Waals surface area contributed by atoms with Gasteiger partial charge in [0.1, 0.15) is 5.82 Å². The third-order valence-electron chi connectivity index (χ3n) is 2.10. The van der Waals surface area contributed by atoms with Crippen LogP contribution < -0.4 is 10.0 Å². The lowest BCUT2D eigenvalue weighted by atomic mass is 10.3. The van der Waals surface area contributed by atoms with E-state index in [9.17, 15) is 12.8 Å². The third-order valence-corrected chi connectivity index (χ3v) is 3.85. The van der Waals surface area contributed by atoms with Gasteiger partial charge in [0.25, 0.3) is 0 Å². The molecular formula is C10H14ClFN2O2S. The molecule has 0 aromatic heterocycles. The Bertz CT molecular complexity index is 479. The Kier molecular flexibility index (Phi) is 5.32. The molecule has 0 radical (unpaired) electrons. The molecule has 0 spiro atoms. The first kappa shape index (κ1) is 14.4. The highest BCUT2D eigenvalue weighted by molar-refractivity contribution is 7.89. The van der Waals surface area contributed by atoms with Crippen molar-refractivity contribution < 1.29 is 12.8 Å². The molecule has 0 heterocycles. The lowest BCUT2D eigenvalue weighted by molar-refractivity contribution is 0.576. The van der Waals surface area contributed by atoms with Crippen LogP contribution in [0.3, 0.4) is 0 Å². The van der Waals surface area contributed by atoms with Gasteiger partial charge in [0.05, 0.1) is 9.92 Å². The molecule has 96 valence electrons. The molecular weight excluding hydrogens is 267 g/mol. The molecule has 2 N–H and O–H groups in total. The van der Waals surface area contributed by atoms with E-state index in [0.29, 0.717) is 19.5 Å². The fraction of sp³-hybridized carbons (Fsp3) is 0.400. The number of hydrogen-bond donors (Lipinski definition) is 2. The van der Waals surface area contributed by atoms with Crippen LogP contribution in [0.5, 0.6) is 0 Å². The summed E-state index contributed by atoms with van der Waals surface area (Å²) in [4.78, 5) is -0.0339. The monoisotopic (exact) mass is 280 g/mol. The van der Waals surface area contributed by atoms with E-state index in [1.54, 1.807) is 7.05 Å². The summed E-state index contributed by atoms with van der Waals surface area (Å²) in [5.74, 6) is -0.638. The normalized spacial score (nSPS) is 11.7. The number of benzene rings is 1. The Hall–Kier alpha value is -0.690. The molecule has 0 aliphatic rings. The van der Waals surface area contributed by atoms with Crippen LogP contribution in [0.4, 0.5) is 4.39 Å². The summed E-state index contributed by atoms with van der Waals surface area (Å²) in [5.41, 5.74) is 0. The highest BCUT2D eigenvalue weighted by Crippen LogP contribution is 2.19. The minimum Gasteiger partial charge on any atom is -0.320 e. The average molecular weight is 281 g/mol. The van der Waals surface area contributed by atoms with Gasteiger partial charge in [-0.05, 0) is 38.2 Å². The Balaban J connectivity index is 2.72. The van der Waals surface area contributed by atoms with Crippen LogP contribution in [0, 0.1) is 5.82 Å². The quantitative estimate of drug-likeness (QED) is 0.774. The summed E-state index contributed by atoms with van der Waals surface area (Å²) in [6.07, 6.45) is 0.671. The molecule has 0 atom stereocenters. The molecule has 17 heavy (non-hydrogen) atoms. The highest BCUT2D eigenvalue weighted by atomic mass is 35.5. The summed E-state index contributed by atoms with van der Waals surface area (Å²) >= 11 is 5.53. The van der Waals surface area contributed by atoms with E-state index in [1.165, 1.54) is 6.07 Å². The fourth-order valence-corrected chi connectivity index (χ4v) is 2.54. The van der Waals surface area contributed by atoms with E-state index in [-0.39, 0.29) is 9.92 Å². The molecule has 1 aromatic carbocycles. The van der Waals surface area contributed by atoms with Crippen LogP contribution in [-0.4, -0.2) is 28.6 Å². The van der Waals surface area contributed by atoms with E-state index >= 15 is 0 Å². The number of sulfonamides is 1. The van der Waals surface area contributed by atoms with Gasteiger partial charge in [-0.1, -0.05) is 11.6 Å². The topological polar surface area (TPSA) is 58.2 Å². The smallest absolute Gasteiger partial charge is 0.240 e. The Morgan fingerprint density at radius 1 is 1.35 bits per heavy atom. The second-order valence-electron chi connectivity index (χ2n) is 3.43. The van der Waals surface area contributed by atoms with Gasteiger partial charge in [-0.15, -0.1) is 0 Å². The molecule has 0 aliphatic heterocycles. The summed E-state index contributed by atoms with van der Waals surface area (Å²) < 4.78 is 38.8. The minimum absolute atomic E-state index is 0.0339. The maximum atomic E-state index is 12.9. The second-order valence-corrected chi connectivity index (χ2v) is 5.60. The Morgan fingerprint density at radius 2 is 2.06 bits per heavy atom. The first-order chi connectivity index (χ1) is 7.97. The first-order valence-electron chi connectivity index (χ1n) is 5.06. The molecule has 7 heteroatoms. The zero-order valence-corrected chi connectivity index (χ0v) is 10.9. The van der Waals surface area contributed by atoms with Gasteiger partial charge < -0.3 is 5.32 Å². The SMILES string of the molecule is CNCCCNS(=O)(=O)c1ccc(F)c(Cl)c1. The van der Waals surface area contributed by atoms with Crippen LogP contribution in [-0.2, 0) is 10.0 Å². The molecule has 1 aromatic rings. The minimum atomic E-state index is -3.61. The molecule has 1 rings (SSSR count). The molecule has 0 saturated heterocycles. The van der Waals surface area contributed by atoms with Crippen LogP contribution in [0.2, 0.25) is 5.02 Å². The van der Waals surface area contributed by atoms with E-state index in [1.807, 2.05) is 0 Å². The Labute approximate surface area is 105 Å². The maximum absolute atomic E-state index is 12.9. The number of halogens is 2. The van der Waals surface area contributed by atoms with Gasteiger partial charge in [0.15, 0.2) is 0 Å². The van der Waals surface area contributed by atoms with Crippen LogP contribution in [0.25, 0.3) is 0 Å². The van der Waals surface area contributed by atoms with Gasteiger partial charge in [0.2, 0.25) is 10.0 Å². The van der Waals surface area contributed by atoms with E-state index in [0.717, 1.165) is 12.1 Å². The molecule has 0 fully saturated rings. The summed E-state index contributed by atoms with van der Waals surface area (Å²) in [5, 5.41) is 2.70. The molecule has 0 unspecified atom stereocenters. The standard InChI is InChI=1S/C10H14ClFN2O2S/c1-13-5-2-6-14-17(15,16)8-3-4-10(12)9(11)7-8/h3-4,7,13-14H,2,5-6H2,1H3. The molecule has 0 amide bonds. The van der Waals surface area contributed by atoms with Crippen molar-refractivity contribution in [1.82, 2.24) is 10.0 Å². The fourth-order valence-electron chi connectivity index (χ4n) is 1.20. The van der Waals surface area contributed by atoms with Crippen molar-refractivity contribution in [2.75, 3.05) is 20.1 Å². The third kappa shape index (κ3) is 4.23. The predicted octanol–water partition coefficient (Wildman–Crippen LogP) is 1.37. The van der Waals surface area contributed by atoms with Crippen molar-refractivity contribution >= 4 is 21.6 Å². The van der Waals surface area contributed by atoms with Gasteiger partial charge in [-0.2, -0.15) is 0 Å². The van der Waals surface area contributed by atoms with Gasteiger partial charge in [-0.3, -0.25) is 0 Å². The molecule has 4 nitrogen and oxygen atoms in total. The van der Waals surface area contributed by atoms with Crippen molar-refractivity contribution in [3.05, 3.63) is 29.0 Å². The highest BCUT2D eigenvalue weighted by Gasteiger charge is 2.14. The lowest BCUT2D eigenvalue weighted by Gasteiger charge is -2.07. The molecule has 0 aliphatic carbocycles. The van der Waals surface area contributed by atoms with Crippen molar-refractivity contribution in [3.63, 3.8) is 0 Å². The summed E-state index contributed by atoms with van der Waals surface area (Å²) in [6.45, 7) is 1.03. The van der Waals surface area contributed by atoms with Crippen LogP contribution in [0.1, 0.15) is 6.42 Å². The summed E-state index contributed by atoms with van der Waals surface area (Å²) in [6, 6.07) is 3.31. The van der Waals surface area contributed by atoms with Crippen molar-refractivity contribution in [2.24, 2.45) is 0 Å². The van der Waals surface area contributed by atoms with Crippen molar-refractivity contribution in [2.45, 2.75) is 11.3 Å².